The van der Waals surface area contributed by atoms with E-state index in [0.717, 1.165) is 0 Å². The zero-order valence-corrected chi connectivity index (χ0v) is 20.2. The Labute approximate surface area is 212 Å². The second kappa shape index (κ2) is 10.3. The number of para-hydroxylation sites is 1. The van der Waals surface area contributed by atoms with Crippen LogP contribution in [0.4, 0.5) is 11.6 Å². The number of allylic oxidation sites excluding steroid dienone is 1. The minimum Gasteiger partial charge on any atom is -0.490 e. The molecule has 1 aliphatic rings. The zero-order valence-electron chi connectivity index (χ0n) is 20.2. The number of tetrazole rings is 1. The van der Waals surface area contributed by atoms with Crippen molar-refractivity contribution in [2.45, 2.75) is 19.9 Å². The van der Waals surface area contributed by atoms with Crippen LogP contribution in [0.5, 0.6) is 11.5 Å². The average molecular weight is 497 g/mol. The van der Waals surface area contributed by atoms with E-state index in [-0.39, 0.29) is 11.7 Å². The number of amides is 1. The van der Waals surface area contributed by atoms with Crippen LogP contribution in [0.2, 0.25) is 0 Å². The maximum absolute atomic E-state index is 13.5. The molecule has 1 aromatic heterocycles. The first-order valence-electron chi connectivity index (χ1n) is 11.7. The van der Waals surface area contributed by atoms with Crippen LogP contribution in [0, 0.1) is 0 Å². The molecule has 0 saturated heterocycles. The van der Waals surface area contributed by atoms with E-state index in [2.05, 4.69) is 26.2 Å². The summed E-state index contributed by atoms with van der Waals surface area (Å²) in [5.41, 5.74) is 2.80. The lowest BCUT2D eigenvalue weighted by Gasteiger charge is -2.28. The van der Waals surface area contributed by atoms with Crippen molar-refractivity contribution in [3.63, 3.8) is 0 Å². The van der Waals surface area contributed by atoms with Gasteiger partial charge in [-0.2, -0.15) is 4.68 Å². The molecular weight excluding hydrogens is 472 g/mol. The Balaban J connectivity index is 1.52. The largest absolute Gasteiger partial charge is 0.490 e. The Morgan fingerprint density at radius 2 is 1.73 bits per heavy atom. The highest BCUT2D eigenvalue weighted by Gasteiger charge is 2.34. The van der Waals surface area contributed by atoms with Gasteiger partial charge in [0, 0.05) is 11.4 Å². The van der Waals surface area contributed by atoms with Crippen LogP contribution in [0.3, 0.4) is 0 Å². The van der Waals surface area contributed by atoms with Gasteiger partial charge in [0.05, 0.1) is 17.7 Å². The predicted octanol–water partition coefficient (Wildman–Crippen LogP) is 4.22. The second-order valence-electron chi connectivity index (χ2n) is 8.23. The molecule has 1 atom stereocenters. The summed E-state index contributed by atoms with van der Waals surface area (Å²) in [6.45, 7) is 3.98. The van der Waals surface area contributed by atoms with Crippen LogP contribution in [-0.2, 0) is 4.79 Å². The van der Waals surface area contributed by atoms with Gasteiger partial charge in [-0.1, -0.05) is 47.6 Å². The minimum absolute atomic E-state index is 0.265. The number of fused-ring (bicyclic) bond motifs is 1. The SMILES string of the molecule is CCOc1cc([C@@H]2C(C(=O)Nc3ccccc3)=C(C)Nc3nnnn32)ccc1OC(=O)c1ccccc1. The van der Waals surface area contributed by atoms with Gasteiger partial charge in [-0.25, -0.2) is 4.79 Å². The molecule has 2 N–H and O–H groups in total. The lowest BCUT2D eigenvalue weighted by Crippen LogP contribution is -2.31. The van der Waals surface area contributed by atoms with Crippen LogP contribution in [-0.4, -0.2) is 38.7 Å². The summed E-state index contributed by atoms with van der Waals surface area (Å²) < 4.78 is 13.0. The van der Waals surface area contributed by atoms with Gasteiger partial charge >= 0.3 is 5.97 Å². The first-order chi connectivity index (χ1) is 18.0. The molecule has 0 saturated carbocycles. The minimum atomic E-state index is -0.659. The Morgan fingerprint density at radius 3 is 2.46 bits per heavy atom. The number of rotatable bonds is 7. The number of nitrogens with one attached hydrogen (secondary N) is 2. The molecule has 0 fully saturated rings. The van der Waals surface area contributed by atoms with Crippen LogP contribution in [0.15, 0.2) is 90.1 Å². The van der Waals surface area contributed by atoms with Crippen molar-refractivity contribution in [2.75, 3.05) is 17.2 Å². The fraction of sp³-hybridized carbons (Fsp3) is 0.148. The van der Waals surface area contributed by atoms with Gasteiger partial charge in [-0.05, 0) is 66.2 Å². The predicted molar refractivity (Wildman–Crippen MR) is 136 cm³/mol. The molecule has 0 bridgehead atoms. The van der Waals surface area contributed by atoms with Crippen LogP contribution in [0.25, 0.3) is 0 Å². The first kappa shape index (κ1) is 23.7. The highest BCUT2D eigenvalue weighted by molar-refractivity contribution is 6.06. The third-order valence-electron chi connectivity index (χ3n) is 5.79. The molecule has 0 radical (unpaired) electrons. The number of ether oxygens (including phenoxy) is 2. The van der Waals surface area contributed by atoms with Gasteiger partial charge in [0.25, 0.3) is 5.91 Å². The summed E-state index contributed by atoms with van der Waals surface area (Å²) in [7, 11) is 0. The van der Waals surface area contributed by atoms with E-state index in [9.17, 15) is 9.59 Å². The summed E-state index contributed by atoms with van der Waals surface area (Å²) in [6.07, 6.45) is 0. The molecule has 10 heteroatoms. The molecule has 5 rings (SSSR count). The number of aromatic nitrogens is 4. The molecule has 1 aliphatic heterocycles. The third kappa shape index (κ3) is 4.90. The van der Waals surface area contributed by atoms with Crippen molar-refractivity contribution >= 4 is 23.5 Å². The number of esters is 1. The van der Waals surface area contributed by atoms with E-state index in [1.807, 2.05) is 43.3 Å². The van der Waals surface area contributed by atoms with Crippen LogP contribution < -0.4 is 20.1 Å². The molecule has 10 nitrogen and oxygen atoms in total. The number of anilines is 2. The lowest BCUT2D eigenvalue weighted by atomic mass is 9.94. The molecule has 0 spiro atoms. The van der Waals surface area contributed by atoms with Gasteiger partial charge in [-0.15, -0.1) is 0 Å². The monoisotopic (exact) mass is 496 g/mol. The number of carbonyl (C=O) groups excluding carboxylic acids is 2. The normalized spacial score (nSPS) is 14.4. The van der Waals surface area contributed by atoms with Crippen molar-refractivity contribution < 1.29 is 19.1 Å². The maximum Gasteiger partial charge on any atom is 0.343 e. The van der Waals surface area contributed by atoms with Gasteiger partial charge in [0.2, 0.25) is 5.95 Å². The van der Waals surface area contributed by atoms with E-state index in [4.69, 9.17) is 9.47 Å². The molecule has 2 heterocycles. The zero-order chi connectivity index (χ0) is 25.8. The Hall–Kier alpha value is -4.99. The number of benzene rings is 3. The van der Waals surface area contributed by atoms with Crippen molar-refractivity contribution in [1.82, 2.24) is 20.2 Å². The van der Waals surface area contributed by atoms with E-state index < -0.39 is 12.0 Å². The van der Waals surface area contributed by atoms with Gasteiger partial charge in [0.15, 0.2) is 11.5 Å². The number of carbonyl (C=O) groups is 2. The van der Waals surface area contributed by atoms with Crippen molar-refractivity contribution in [2.24, 2.45) is 0 Å². The molecule has 186 valence electrons. The summed E-state index contributed by atoms with van der Waals surface area (Å²) >= 11 is 0. The molecule has 1 amide bonds. The quantitative estimate of drug-likeness (QED) is 0.288. The van der Waals surface area contributed by atoms with Crippen LogP contribution >= 0.6 is 0 Å². The Kier molecular flexibility index (Phi) is 6.62. The average Bonchev–Trinajstić information content (AvgIpc) is 3.38. The van der Waals surface area contributed by atoms with E-state index in [0.29, 0.717) is 46.4 Å². The lowest BCUT2D eigenvalue weighted by molar-refractivity contribution is -0.113. The fourth-order valence-corrected chi connectivity index (χ4v) is 4.11. The molecule has 37 heavy (non-hydrogen) atoms. The van der Waals surface area contributed by atoms with Crippen molar-refractivity contribution in [1.29, 1.82) is 0 Å². The van der Waals surface area contributed by atoms with Crippen LogP contribution in [0.1, 0.15) is 35.8 Å². The Morgan fingerprint density at radius 1 is 1.00 bits per heavy atom. The smallest absolute Gasteiger partial charge is 0.343 e. The highest BCUT2D eigenvalue weighted by atomic mass is 16.6. The molecule has 3 aromatic carbocycles. The topological polar surface area (TPSA) is 120 Å². The first-order valence-corrected chi connectivity index (χ1v) is 11.7. The van der Waals surface area contributed by atoms with Crippen molar-refractivity contribution in [3.8, 4) is 11.5 Å². The third-order valence-corrected chi connectivity index (χ3v) is 5.79. The fourth-order valence-electron chi connectivity index (χ4n) is 4.11. The summed E-state index contributed by atoms with van der Waals surface area (Å²) in [4.78, 5) is 26.1. The molecule has 4 aromatic rings. The standard InChI is InChI=1S/C27H24N6O4/c1-3-36-22-16-19(14-15-21(22)37-26(35)18-10-6-4-7-11-18)24-23(17(2)28-27-30-31-32-33(24)27)25(34)29-20-12-8-5-9-13-20/h4-16,24H,3H2,1-2H3,(H,29,34)(H,28,30,32)/t24-/m1/s1. The second-order valence-corrected chi connectivity index (χ2v) is 8.23. The van der Waals surface area contributed by atoms with Gasteiger partial charge in [0.1, 0.15) is 6.04 Å². The molecule has 0 unspecified atom stereocenters. The van der Waals surface area contributed by atoms with E-state index in [1.165, 1.54) is 4.68 Å². The molecular formula is C27H24N6O4. The summed E-state index contributed by atoms with van der Waals surface area (Å²) in [5, 5.41) is 18.0. The summed E-state index contributed by atoms with van der Waals surface area (Å²) in [5.74, 6) is 0.216. The summed E-state index contributed by atoms with van der Waals surface area (Å²) in [6, 6.07) is 22.4. The highest BCUT2D eigenvalue weighted by Crippen LogP contribution is 2.39. The van der Waals surface area contributed by atoms with Crippen molar-refractivity contribution in [3.05, 3.63) is 101 Å². The number of hydrogen-bond acceptors (Lipinski definition) is 8. The number of hydrogen-bond donors (Lipinski definition) is 2. The molecule has 0 aliphatic carbocycles. The van der Waals surface area contributed by atoms with Gasteiger partial charge < -0.3 is 20.1 Å². The van der Waals surface area contributed by atoms with E-state index >= 15 is 0 Å². The maximum atomic E-state index is 13.5. The number of nitrogens with zero attached hydrogens (tertiary/aromatic N) is 4. The van der Waals surface area contributed by atoms with E-state index in [1.54, 1.807) is 49.4 Å². The van der Waals surface area contributed by atoms with Gasteiger partial charge in [-0.3, -0.25) is 4.79 Å². The Bertz CT molecular complexity index is 1470.